The number of hydrogen-bond acceptors (Lipinski definition) is 4. The summed E-state index contributed by atoms with van der Waals surface area (Å²) in [7, 11) is 0. The third kappa shape index (κ3) is 2.85. The fourth-order valence-electron chi connectivity index (χ4n) is 8.01. The van der Waals surface area contributed by atoms with Crippen molar-refractivity contribution in [1.82, 2.24) is 0 Å². The first-order valence-electron chi connectivity index (χ1n) is 11.1. The Morgan fingerprint density at radius 1 is 1.11 bits per heavy atom. The van der Waals surface area contributed by atoms with Gasteiger partial charge in [-0.15, -0.1) is 0 Å². The molecule has 0 amide bonds. The van der Waals surface area contributed by atoms with Crippen molar-refractivity contribution < 1.29 is 19.1 Å². The number of esters is 2. The summed E-state index contributed by atoms with van der Waals surface area (Å²) in [6.07, 6.45) is 10.4. The normalized spacial score (nSPS) is 46.8. The molecule has 0 heterocycles. The van der Waals surface area contributed by atoms with Crippen LogP contribution in [0.4, 0.5) is 0 Å². The van der Waals surface area contributed by atoms with Gasteiger partial charge in [0.25, 0.3) is 0 Å². The van der Waals surface area contributed by atoms with Crippen molar-refractivity contribution >= 4 is 11.9 Å². The highest BCUT2D eigenvalue weighted by molar-refractivity contribution is 5.66. The number of allylic oxidation sites excluding steroid dienone is 1. The van der Waals surface area contributed by atoms with Crippen molar-refractivity contribution in [1.29, 1.82) is 0 Å². The molecular weight excluding hydrogens is 352 g/mol. The van der Waals surface area contributed by atoms with E-state index in [0.29, 0.717) is 24.4 Å². The zero-order valence-corrected chi connectivity index (χ0v) is 18.2. The highest BCUT2D eigenvalue weighted by atomic mass is 16.5. The molecule has 0 N–H and O–H groups in total. The molecule has 2 bridgehead atoms. The summed E-state index contributed by atoms with van der Waals surface area (Å²) >= 11 is 0. The highest BCUT2D eigenvalue weighted by Gasteiger charge is 2.66. The van der Waals surface area contributed by atoms with Gasteiger partial charge in [-0.25, -0.2) is 0 Å². The number of carbonyl (C=O) groups excluding carboxylic acids is 2. The Bertz CT molecular complexity index is 711. The maximum atomic E-state index is 12.0. The Morgan fingerprint density at radius 3 is 2.54 bits per heavy atom. The zero-order valence-electron chi connectivity index (χ0n) is 18.2. The first-order chi connectivity index (χ1) is 13.1. The fraction of sp³-hybridized carbons (Fsp3) is 0.833. The summed E-state index contributed by atoms with van der Waals surface area (Å²) in [4.78, 5) is 23.6. The predicted octanol–water partition coefficient (Wildman–Crippen LogP) is 5.06. The summed E-state index contributed by atoms with van der Waals surface area (Å²) < 4.78 is 11.6. The molecule has 0 aromatic heterocycles. The number of rotatable bonds is 3. The lowest BCUT2D eigenvalue weighted by Crippen LogP contribution is -2.62. The van der Waals surface area contributed by atoms with Crippen molar-refractivity contribution in [2.24, 2.45) is 34.0 Å². The molecule has 0 unspecified atom stereocenters. The summed E-state index contributed by atoms with van der Waals surface area (Å²) in [6.45, 7) is 10.6. The van der Waals surface area contributed by atoms with Gasteiger partial charge in [0.1, 0.15) is 6.10 Å². The fourth-order valence-corrected chi connectivity index (χ4v) is 8.01. The lowest BCUT2D eigenvalue weighted by Gasteiger charge is -2.65. The first-order valence-corrected chi connectivity index (χ1v) is 11.1. The van der Waals surface area contributed by atoms with Gasteiger partial charge in [0.05, 0.1) is 6.61 Å². The van der Waals surface area contributed by atoms with Crippen LogP contribution in [0.2, 0.25) is 0 Å². The smallest absolute Gasteiger partial charge is 0.302 e. The second-order valence-corrected chi connectivity index (χ2v) is 10.7. The van der Waals surface area contributed by atoms with Gasteiger partial charge in [-0.3, -0.25) is 9.59 Å². The van der Waals surface area contributed by atoms with Gasteiger partial charge in [0.2, 0.25) is 0 Å². The van der Waals surface area contributed by atoms with Crippen molar-refractivity contribution in [2.75, 3.05) is 6.61 Å². The molecule has 0 radical (unpaired) electrons. The Balaban J connectivity index is 1.75. The van der Waals surface area contributed by atoms with Crippen LogP contribution in [0.25, 0.3) is 0 Å². The molecule has 0 aromatic rings. The molecule has 4 heteroatoms. The van der Waals surface area contributed by atoms with Crippen LogP contribution >= 0.6 is 0 Å². The minimum absolute atomic E-state index is 0.00357. The van der Waals surface area contributed by atoms with Crippen LogP contribution < -0.4 is 0 Å². The monoisotopic (exact) mass is 388 g/mol. The molecule has 4 rings (SSSR count). The molecule has 4 nitrogen and oxygen atoms in total. The lowest BCUT2D eigenvalue weighted by molar-refractivity contribution is -0.211. The molecule has 0 aliphatic heterocycles. The Morgan fingerprint density at radius 2 is 1.86 bits per heavy atom. The average molecular weight is 389 g/mol. The van der Waals surface area contributed by atoms with E-state index in [4.69, 9.17) is 9.47 Å². The molecule has 3 fully saturated rings. The SMILES string of the molecule is CC(=O)OC[C@]1(C)CCC[C@]2(C)[C@H]3CC[C@H]4C[C@@]3(C=C4C)[C@H](OC(C)=O)C[C@@H]12. The van der Waals surface area contributed by atoms with E-state index >= 15 is 0 Å². The molecule has 4 aliphatic rings. The van der Waals surface area contributed by atoms with Crippen LogP contribution in [-0.4, -0.2) is 24.6 Å². The van der Waals surface area contributed by atoms with Gasteiger partial charge in [0.15, 0.2) is 0 Å². The predicted molar refractivity (Wildman–Crippen MR) is 107 cm³/mol. The van der Waals surface area contributed by atoms with E-state index in [-0.39, 0.29) is 34.3 Å². The van der Waals surface area contributed by atoms with Crippen LogP contribution in [0.15, 0.2) is 11.6 Å². The largest absolute Gasteiger partial charge is 0.465 e. The maximum absolute atomic E-state index is 12.0. The maximum Gasteiger partial charge on any atom is 0.302 e. The summed E-state index contributed by atoms with van der Waals surface area (Å²) in [5, 5.41) is 0. The van der Waals surface area contributed by atoms with Crippen LogP contribution in [-0.2, 0) is 19.1 Å². The van der Waals surface area contributed by atoms with Gasteiger partial charge in [-0.1, -0.05) is 31.9 Å². The zero-order chi connectivity index (χ0) is 20.3. The van der Waals surface area contributed by atoms with Gasteiger partial charge in [-0.05, 0) is 68.6 Å². The van der Waals surface area contributed by atoms with Gasteiger partial charge in [0, 0.05) is 24.7 Å². The summed E-state index contributed by atoms with van der Waals surface area (Å²) in [5.41, 5.74) is 1.66. The quantitative estimate of drug-likeness (QED) is 0.501. The van der Waals surface area contributed by atoms with Crippen molar-refractivity contribution in [3.05, 3.63) is 11.6 Å². The number of carbonyl (C=O) groups is 2. The molecule has 156 valence electrons. The van der Waals surface area contributed by atoms with Crippen molar-refractivity contribution in [2.45, 2.75) is 85.7 Å². The van der Waals surface area contributed by atoms with E-state index in [1.165, 1.54) is 38.2 Å². The van der Waals surface area contributed by atoms with E-state index in [2.05, 4.69) is 26.8 Å². The molecule has 3 saturated carbocycles. The van der Waals surface area contributed by atoms with E-state index in [9.17, 15) is 9.59 Å². The summed E-state index contributed by atoms with van der Waals surface area (Å²) in [6, 6.07) is 0. The van der Waals surface area contributed by atoms with Gasteiger partial charge >= 0.3 is 11.9 Å². The van der Waals surface area contributed by atoms with Crippen LogP contribution in [0.1, 0.15) is 79.6 Å². The third-order valence-electron chi connectivity index (χ3n) is 9.05. The standard InChI is InChI=1S/C24H36O4/c1-15-12-24-13-18(15)7-8-19(24)23(5)10-6-9-22(4,14-27-16(2)25)20(23)11-21(24)28-17(3)26/h12,18-21H,6-11,13-14H2,1-5H3/t18-,19+,20-,21+,22-,23+,24+/m0/s1. The molecule has 0 aromatic carbocycles. The van der Waals surface area contributed by atoms with Gasteiger partial charge in [-0.2, -0.15) is 0 Å². The van der Waals surface area contributed by atoms with Gasteiger partial charge < -0.3 is 9.47 Å². The molecular formula is C24H36O4. The highest BCUT2D eigenvalue weighted by Crippen LogP contribution is 2.71. The van der Waals surface area contributed by atoms with Crippen LogP contribution in [0, 0.1) is 34.0 Å². The van der Waals surface area contributed by atoms with Crippen LogP contribution in [0.5, 0.6) is 0 Å². The minimum atomic E-state index is -0.202. The van der Waals surface area contributed by atoms with Crippen molar-refractivity contribution in [3.8, 4) is 0 Å². The van der Waals surface area contributed by atoms with Crippen molar-refractivity contribution in [3.63, 3.8) is 0 Å². The van der Waals surface area contributed by atoms with E-state index in [1.54, 1.807) is 6.92 Å². The average Bonchev–Trinajstić information content (AvgIpc) is 2.85. The Labute approximate surface area is 169 Å². The molecule has 1 spiro atoms. The second-order valence-electron chi connectivity index (χ2n) is 10.7. The third-order valence-corrected chi connectivity index (χ3v) is 9.05. The van der Waals surface area contributed by atoms with E-state index in [0.717, 1.165) is 19.3 Å². The molecule has 28 heavy (non-hydrogen) atoms. The topological polar surface area (TPSA) is 52.6 Å². The number of ether oxygens (including phenoxy) is 2. The number of hydrogen-bond donors (Lipinski definition) is 0. The second kappa shape index (κ2) is 6.60. The lowest BCUT2D eigenvalue weighted by atomic mass is 9.40. The Hall–Kier alpha value is -1.32. The van der Waals surface area contributed by atoms with Crippen LogP contribution in [0.3, 0.4) is 0 Å². The molecule has 4 aliphatic carbocycles. The first kappa shape index (κ1) is 20.0. The van der Waals surface area contributed by atoms with E-state index < -0.39 is 0 Å². The molecule has 7 atom stereocenters. The minimum Gasteiger partial charge on any atom is -0.465 e. The number of fused-ring (bicyclic) bond motifs is 3. The molecule has 0 saturated heterocycles. The summed E-state index contributed by atoms with van der Waals surface area (Å²) in [5.74, 6) is 1.23. The van der Waals surface area contributed by atoms with E-state index in [1.807, 2.05) is 0 Å². The Kier molecular flexibility index (Phi) is 4.71.